The van der Waals surface area contributed by atoms with Crippen LogP contribution in [0.25, 0.3) is 0 Å². The van der Waals surface area contributed by atoms with E-state index in [0.29, 0.717) is 5.82 Å². The van der Waals surface area contributed by atoms with Crippen LogP contribution in [0.2, 0.25) is 0 Å². The van der Waals surface area contributed by atoms with E-state index in [0.717, 1.165) is 0 Å². The lowest BCUT2D eigenvalue weighted by Gasteiger charge is -1.94. The van der Waals surface area contributed by atoms with Crippen LogP contribution >= 0.6 is 12.4 Å². The van der Waals surface area contributed by atoms with Crippen molar-refractivity contribution in [2.45, 2.75) is 13.0 Å². The lowest BCUT2D eigenvalue weighted by Crippen LogP contribution is -2.07. The van der Waals surface area contributed by atoms with Gasteiger partial charge < -0.3 is 5.73 Å². The molecule has 2 N–H and O–H groups in total. The van der Waals surface area contributed by atoms with Gasteiger partial charge in [-0.15, -0.1) is 12.4 Å². The molecule has 0 aliphatic carbocycles. The quantitative estimate of drug-likeness (QED) is 0.645. The van der Waals surface area contributed by atoms with Crippen molar-refractivity contribution in [3.8, 4) is 0 Å². The Morgan fingerprint density at radius 3 is 2.50 bits per heavy atom. The van der Waals surface area contributed by atoms with E-state index >= 15 is 0 Å². The van der Waals surface area contributed by atoms with Crippen LogP contribution < -0.4 is 5.73 Å². The molecule has 58 valence electrons. The minimum Gasteiger partial charge on any atom is -0.321 e. The van der Waals surface area contributed by atoms with Gasteiger partial charge in [0.15, 0.2) is 5.82 Å². The Labute approximate surface area is 65.8 Å². The number of aryl methyl sites for hydroxylation is 1. The zero-order valence-electron chi connectivity index (χ0n) is 5.98. The molecule has 1 heterocycles. The van der Waals surface area contributed by atoms with Crippen molar-refractivity contribution in [3.05, 3.63) is 12.2 Å². The molecule has 1 unspecified atom stereocenters. The highest BCUT2D eigenvalue weighted by Gasteiger charge is 2.01. The summed E-state index contributed by atoms with van der Waals surface area (Å²) in [6.45, 7) is 1.86. The van der Waals surface area contributed by atoms with Gasteiger partial charge in [0.2, 0.25) is 0 Å². The van der Waals surface area contributed by atoms with Crippen molar-refractivity contribution in [3.63, 3.8) is 0 Å². The van der Waals surface area contributed by atoms with Gasteiger partial charge in [-0.05, 0) is 6.92 Å². The van der Waals surface area contributed by atoms with Crippen LogP contribution in [0.15, 0.2) is 6.33 Å². The monoisotopic (exact) mass is 162 g/mol. The summed E-state index contributed by atoms with van der Waals surface area (Å²) in [5, 5.41) is 3.99. The summed E-state index contributed by atoms with van der Waals surface area (Å²) in [6.07, 6.45) is 1.64. The fourth-order valence-electron chi connectivity index (χ4n) is 0.565. The molecule has 0 amide bonds. The van der Waals surface area contributed by atoms with E-state index < -0.39 is 0 Å². The molecule has 1 atom stereocenters. The van der Waals surface area contributed by atoms with Gasteiger partial charge in [-0.2, -0.15) is 5.10 Å². The largest absolute Gasteiger partial charge is 0.321 e. The van der Waals surface area contributed by atoms with Crippen LogP contribution in [-0.2, 0) is 7.05 Å². The number of hydrogen-bond donors (Lipinski definition) is 1. The molecule has 0 aliphatic heterocycles. The molecule has 0 fully saturated rings. The van der Waals surface area contributed by atoms with E-state index in [2.05, 4.69) is 10.1 Å². The van der Waals surface area contributed by atoms with Crippen molar-refractivity contribution < 1.29 is 0 Å². The van der Waals surface area contributed by atoms with Gasteiger partial charge in [0.25, 0.3) is 0 Å². The van der Waals surface area contributed by atoms with E-state index in [4.69, 9.17) is 5.73 Å². The first kappa shape index (κ1) is 9.39. The topological polar surface area (TPSA) is 56.7 Å². The van der Waals surface area contributed by atoms with Crippen LogP contribution in [0.1, 0.15) is 18.8 Å². The van der Waals surface area contributed by atoms with Crippen molar-refractivity contribution >= 4 is 12.4 Å². The molecule has 0 bridgehead atoms. The second-order valence-electron chi connectivity index (χ2n) is 2.07. The van der Waals surface area contributed by atoms with E-state index in [1.165, 1.54) is 0 Å². The van der Waals surface area contributed by atoms with E-state index in [9.17, 15) is 0 Å². The highest BCUT2D eigenvalue weighted by atomic mass is 35.5. The smallest absolute Gasteiger partial charge is 0.166 e. The minimum absolute atomic E-state index is 0. The lowest BCUT2D eigenvalue weighted by molar-refractivity contribution is 0.693. The van der Waals surface area contributed by atoms with E-state index in [1.807, 2.05) is 14.0 Å². The van der Waals surface area contributed by atoms with Crippen LogP contribution in [0.3, 0.4) is 0 Å². The highest BCUT2D eigenvalue weighted by Crippen LogP contribution is 1.98. The van der Waals surface area contributed by atoms with E-state index in [-0.39, 0.29) is 18.4 Å². The zero-order valence-corrected chi connectivity index (χ0v) is 6.80. The molecule has 10 heavy (non-hydrogen) atoms. The van der Waals surface area contributed by atoms with Gasteiger partial charge in [-0.1, -0.05) is 0 Å². The predicted molar refractivity (Wildman–Crippen MR) is 40.9 cm³/mol. The van der Waals surface area contributed by atoms with Crippen LogP contribution in [0, 0.1) is 0 Å². The molecule has 0 aromatic carbocycles. The Hall–Kier alpha value is -0.610. The second kappa shape index (κ2) is 3.53. The summed E-state index contributed by atoms with van der Waals surface area (Å²) in [5.41, 5.74) is 5.49. The van der Waals surface area contributed by atoms with Gasteiger partial charge in [-0.25, -0.2) is 4.98 Å². The molecule has 0 saturated carbocycles. The molecule has 0 radical (unpaired) electrons. The fourth-order valence-corrected chi connectivity index (χ4v) is 0.565. The third-order valence-corrected chi connectivity index (χ3v) is 1.02. The van der Waals surface area contributed by atoms with Gasteiger partial charge >= 0.3 is 0 Å². The first-order valence-electron chi connectivity index (χ1n) is 2.81. The maximum absolute atomic E-state index is 5.49. The average Bonchev–Trinajstić information content (AvgIpc) is 2.14. The summed E-state index contributed by atoms with van der Waals surface area (Å²) < 4.78 is 1.64. The molecule has 5 heteroatoms. The zero-order chi connectivity index (χ0) is 6.85. The molecule has 4 nitrogen and oxygen atoms in total. The third-order valence-electron chi connectivity index (χ3n) is 1.02. The summed E-state index contributed by atoms with van der Waals surface area (Å²) in [6, 6.07) is -0.0637. The summed E-state index contributed by atoms with van der Waals surface area (Å²) in [5.74, 6) is 0.692. The molecule has 1 aromatic heterocycles. The minimum atomic E-state index is -0.0637. The number of aromatic nitrogens is 3. The maximum Gasteiger partial charge on any atom is 0.166 e. The number of halogens is 1. The molecular weight excluding hydrogens is 152 g/mol. The second-order valence-corrected chi connectivity index (χ2v) is 2.07. The van der Waals surface area contributed by atoms with Crippen molar-refractivity contribution in [2.75, 3.05) is 0 Å². The molecule has 0 spiro atoms. The highest BCUT2D eigenvalue weighted by molar-refractivity contribution is 5.85. The molecule has 0 aliphatic rings. The van der Waals surface area contributed by atoms with Crippen LogP contribution in [-0.4, -0.2) is 14.8 Å². The molecule has 0 saturated heterocycles. The third kappa shape index (κ3) is 1.97. The number of nitrogens with two attached hydrogens (primary N) is 1. The number of hydrogen-bond acceptors (Lipinski definition) is 3. The van der Waals surface area contributed by atoms with Gasteiger partial charge in [0.1, 0.15) is 6.33 Å². The summed E-state index contributed by atoms with van der Waals surface area (Å²) in [4.78, 5) is 3.94. The molecule has 1 rings (SSSR count). The van der Waals surface area contributed by atoms with Gasteiger partial charge in [0, 0.05) is 7.05 Å². The van der Waals surface area contributed by atoms with Crippen LogP contribution in [0.4, 0.5) is 0 Å². The number of nitrogens with zero attached hydrogens (tertiary/aromatic N) is 3. The Morgan fingerprint density at radius 1 is 1.70 bits per heavy atom. The summed E-state index contributed by atoms with van der Waals surface area (Å²) in [7, 11) is 1.82. The SMILES string of the molecule is CC(N)c1ncn(C)n1.Cl. The Balaban J connectivity index is 0.000000810. The Kier molecular flexibility index (Phi) is 3.32. The first-order valence-corrected chi connectivity index (χ1v) is 2.81. The van der Waals surface area contributed by atoms with Gasteiger partial charge in [0.05, 0.1) is 6.04 Å². The summed E-state index contributed by atoms with van der Waals surface area (Å²) >= 11 is 0. The molecular formula is C5H11ClN4. The normalized spacial score (nSPS) is 12.3. The number of rotatable bonds is 1. The Morgan fingerprint density at radius 2 is 2.30 bits per heavy atom. The Bertz CT molecular complexity index is 195. The van der Waals surface area contributed by atoms with Gasteiger partial charge in [-0.3, -0.25) is 4.68 Å². The first-order chi connectivity index (χ1) is 4.20. The molecule has 1 aromatic rings. The average molecular weight is 163 g/mol. The van der Waals surface area contributed by atoms with Crippen LogP contribution in [0.5, 0.6) is 0 Å². The fraction of sp³-hybridized carbons (Fsp3) is 0.600. The van der Waals surface area contributed by atoms with Crippen molar-refractivity contribution in [1.29, 1.82) is 0 Å². The van der Waals surface area contributed by atoms with Crippen molar-refractivity contribution in [1.82, 2.24) is 14.8 Å². The van der Waals surface area contributed by atoms with E-state index in [1.54, 1.807) is 11.0 Å². The predicted octanol–water partition coefficient (Wildman–Crippen LogP) is 0.257. The standard InChI is InChI=1S/C5H10N4.ClH/c1-4(6)5-7-3-9(2)8-5;/h3-4H,6H2,1-2H3;1H. The van der Waals surface area contributed by atoms with Crippen molar-refractivity contribution in [2.24, 2.45) is 12.8 Å². The maximum atomic E-state index is 5.49. The lowest BCUT2D eigenvalue weighted by atomic mass is 10.4.